The fourth-order valence-corrected chi connectivity index (χ4v) is 1.37. The minimum Gasteiger partial charge on any atom is -0.508 e. The van der Waals surface area contributed by atoms with E-state index in [4.69, 9.17) is 21.8 Å². The maximum atomic E-state index is 9.08. The second-order valence-corrected chi connectivity index (χ2v) is 3.57. The molecular formula is C10H13ClO2. The van der Waals surface area contributed by atoms with E-state index in [1.807, 2.05) is 0 Å². The van der Waals surface area contributed by atoms with Gasteiger partial charge in [0.1, 0.15) is 5.75 Å². The first-order valence-electron chi connectivity index (χ1n) is 4.25. The normalized spacial score (nSPS) is 12.8. The molecule has 72 valence electrons. The van der Waals surface area contributed by atoms with Crippen LogP contribution >= 0.6 is 11.6 Å². The molecule has 2 N–H and O–H groups in total. The Kier molecular flexibility index (Phi) is 3.58. The summed E-state index contributed by atoms with van der Waals surface area (Å²) in [4.78, 5) is 0. The third-order valence-electron chi connectivity index (χ3n) is 1.87. The van der Waals surface area contributed by atoms with Crippen LogP contribution in [-0.4, -0.2) is 16.3 Å². The van der Waals surface area contributed by atoms with E-state index in [1.54, 1.807) is 19.1 Å². The lowest BCUT2D eigenvalue weighted by molar-refractivity contribution is 0.185. The number of benzene rings is 1. The van der Waals surface area contributed by atoms with Crippen LogP contribution in [0.2, 0.25) is 5.02 Å². The van der Waals surface area contributed by atoms with Crippen LogP contribution in [0.3, 0.4) is 0 Å². The Balaban J connectivity index is 2.67. The largest absolute Gasteiger partial charge is 0.508 e. The van der Waals surface area contributed by atoms with Gasteiger partial charge in [-0.05, 0) is 37.5 Å². The number of hydrogen-bond donors (Lipinski definition) is 2. The third-order valence-corrected chi connectivity index (χ3v) is 2.22. The summed E-state index contributed by atoms with van der Waals surface area (Å²) in [5, 5.41) is 18.7. The molecule has 0 aliphatic carbocycles. The Morgan fingerprint density at radius 1 is 1.46 bits per heavy atom. The van der Waals surface area contributed by atoms with Crippen molar-refractivity contribution in [3.63, 3.8) is 0 Å². The quantitative estimate of drug-likeness (QED) is 0.787. The zero-order valence-electron chi connectivity index (χ0n) is 7.50. The van der Waals surface area contributed by atoms with Crippen LogP contribution in [0.1, 0.15) is 18.9 Å². The van der Waals surface area contributed by atoms with Crippen LogP contribution in [0.5, 0.6) is 5.75 Å². The molecule has 0 bridgehead atoms. The van der Waals surface area contributed by atoms with Gasteiger partial charge in [-0.25, -0.2) is 0 Å². The van der Waals surface area contributed by atoms with E-state index >= 15 is 0 Å². The number of rotatable bonds is 3. The average molecular weight is 201 g/mol. The lowest BCUT2D eigenvalue weighted by atomic mass is 10.1. The number of aromatic hydroxyl groups is 1. The molecule has 0 spiro atoms. The standard InChI is InChI=1S/C10H13ClO2/c1-7(12)2-3-8-4-5-9(13)6-10(8)11/h4-7,12-13H,2-3H2,1H3/t7-/m0/s1. The Morgan fingerprint density at radius 3 is 2.69 bits per heavy atom. The summed E-state index contributed by atoms with van der Waals surface area (Å²) >= 11 is 5.87. The highest BCUT2D eigenvalue weighted by molar-refractivity contribution is 6.31. The topological polar surface area (TPSA) is 40.5 Å². The molecule has 2 nitrogen and oxygen atoms in total. The lowest BCUT2D eigenvalue weighted by Gasteiger charge is -2.06. The van der Waals surface area contributed by atoms with E-state index < -0.39 is 0 Å². The molecule has 0 saturated heterocycles. The minimum atomic E-state index is -0.315. The molecule has 0 heterocycles. The Hall–Kier alpha value is -0.730. The molecule has 0 saturated carbocycles. The van der Waals surface area contributed by atoms with E-state index in [-0.39, 0.29) is 11.9 Å². The second-order valence-electron chi connectivity index (χ2n) is 3.16. The summed E-state index contributed by atoms with van der Waals surface area (Å²) in [5.74, 6) is 0.172. The highest BCUT2D eigenvalue weighted by Crippen LogP contribution is 2.22. The summed E-state index contributed by atoms with van der Waals surface area (Å²) < 4.78 is 0. The van der Waals surface area contributed by atoms with Gasteiger partial charge in [0.05, 0.1) is 6.10 Å². The molecule has 13 heavy (non-hydrogen) atoms. The van der Waals surface area contributed by atoms with Crippen molar-refractivity contribution in [1.29, 1.82) is 0 Å². The molecule has 1 rings (SSSR count). The van der Waals surface area contributed by atoms with Crippen molar-refractivity contribution >= 4 is 11.6 Å². The van der Waals surface area contributed by atoms with Crippen LogP contribution < -0.4 is 0 Å². The van der Waals surface area contributed by atoms with Crippen molar-refractivity contribution in [2.45, 2.75) is 25.9 Å². The molecule has 3 heteroatoms. The van der Waals surface area contributed by atoms with Gasteiger partial charge in [0.15, 0.2) is 0 Å². The zero-order chi connectivity index (χ0) is 9.84. The number of phenols is 1. The van der Waals surface area contributed by atoms with E-state index in [1.165, 1.54) is 6.07 Å². The summed E-state index contributed by atoms with van der Waals surface area (Å²) in [5.41, 5.74) is 0.959. The molecule has 0 aromatic heterocycles. The zero-order valence-corrected chi connectivity index (χ0v) is 8.25. The van der Waals surface area contributed by atoms with E-state index in [2.05, 4.69) is 0 Å². The van der Waals surface area contributed by atoms with Gasteiger partial charge in [-0.15, -0.1) is 0 Å². The van der Waals surface area contributed by atoms with Gasteiger partial charge in [0.2, 0.25) is 0 Å². The van der Waals surface area contributed by atoms with Crippen molar-refractivity contribution in [3.05, 3.63) is 28.8 Å². The van der Waals surface area contributed by atoms with E-state index in [0.29, 0.717) is 11.4 Å². The number of aliphatic hydroxyl groups is 1. The second kappa shape index (κ2) is 4.49. The number of phenolic OH excluding ortho intramolecular Hbond substituents is 1. The Labute approximate surface area is 82.8 Å². The van der Waals surface area contributed by atoms with Crippen molar-refractivity contribution < 1.29 is 10.2 Å². The minimum absolute atomic E-state index is 0.172. The molecule has 1 aromatic rings. The van der Waals surface area contributed by atoms with Gasteiger partial charge in [0.25, 0.3) is 0 Å². The van der Waals surface area contributed by atoms with Crippen LogP contribution in [0.25, 0.3) is 0 Å². The number of hydrogen-bond acceptors (Lipinski definition) is 2. The predicted molar refractivity (Wildman–Crippen MR) is 53.1 cm³/mol. The lowest BCUT2D eigenvalue weighted by Crippen LogP contribution is -2.01. The maximum absolute atomic E-state index is 9.08. The van der Waals surface area contributed by atoms with Gasteiger partial charge in [-0.3, -0.25) is 0 Å². The SMILES string of the molecule is C[C@H](O)CCc1ccc(O)cc1Cl. The molecule has 0 aliphatic rings. The molecule has 0 aliphatic heterocycles. The highest BCUT2D eigenvalue weighted by Gasteiger charge is 2.03. The number of aryl methyl sites for hydroxylation is 1. The first kappa shape index (κ1) is 10.4. The smallest absolute Gasteiger partial charge is 0.117 e. The van der Waals surface area contributed by atoms with Crippen molar-refractivity contribution in [2.24, 2.45) is 0 Å². The van der Waals surface area contributed by atoms with Crippen LogP contribution in [-0.2, 0) is 6.42 Å². The molecule has 0 fully saturated rings. The van der Waals surface area contributed by atoms with Crippen molar-refractivity contribution in [1.82, 2.24) is 0 Å². The summed E-state index contributed by atoms with van der Waals surface area (Å²) in [6, 6.07) is 4.89. The average Bonchev–Trinajstić information content (AvgIpc) is 2.02. The molecule has 1 atom stereocenters. The summed E-state index contributed by atoms with van der Waals surface area (Å²) in [7, 11) is 0. The molecular weight excluding hydrogens is 188 g/mol. The Bertz CT molecular complexity index is 284. The van der Waals surface area contributed by atoms with Crippen molar-refractivity contribution in [3.8, 4) is 5.75 Å². The first-order chi connectivity index (χ1) is 6.09. The number of aliphatic hydroxyl groups excluding tert-OH is 1. The van der Waals surface area contributed by atoms with E-state index in [0.717, 1.165) is 12.0 Å². The first-order valence-corrected chi connectivity index (χ1v) is 4.63. The summed E-state index contributed by atoms with van der Waals surface area (Å²) in [6.07, 6.45) is 1.10. The van der Waals surface area contributed by atoms with Gasteiger partial charge in [-0.2, -0.15) is 0 Å². The summed E-state index contributed by atoms with van der Waals surface area (Å²) in [6.45, 7) is 1.74. The predicted octanol–water partition coefficient (Wildman–Crippen LogP) is 2.36. The van der Waals surface area contributed by atoms with Crippen LogP contribution in [0.15, 0.2) is 18.2 Å². The van der Waals surface area contributed by atoms with Crippen LogP contribution in [0.4, 0.5) is 0 Å². The van der Waals surface area contributed by atoms with Gasteiger partial charge >= 0.3 is 0 Å². The van der Waals surface area contributed by atoms with Gasteiger partial charge in [0, 0.05) is 5.02 Å². The van der Waals surface area contributed by atoms with Crippen molar-refractivity contribution in [2.75, 3.05) is 0 Å². The number of halogens is 1. The van der Waals surface area contributed by atoms with E-state index in [9.17, 15) is 0 Å². The fourth-order valence-electron chi connectivity index (χ4n) is 1.10. The molecule has 0 radical (unpaired) electrons. The maximum Gasteiger partial charge on any atom is 0.117 e. The monoisotopic (exact) mass is 200 g/mol. The molecule has 0 amide bonds. The molecule has 0 unspecified atom stereocenters. The van der Waals surface area contributed by atoms with Gasteiger partial charge in [-0.1, -0.05) is 17.7 Å². The highest BCUT2D eigenvalue weighted by atomic mass is 35.5. The van der Waals surface area contributed by atoms with Gasteiger partial charge < -0.3 is 10.2 Å². The Morgan fingerprint density at radius 2 is 2.15 bits per heavy atom. The third kappa shape index (κ3) is 3.25. The molecule has 1 aromatic carbocycles. The van der Waals surface area contributed by atoms with Crippen LogP contribution in [0, 0.1) is 0 Å². The fraction of sp³-hybridized carbons (Fsp3) is 0.400.